The van der Waals surface area contributed by atoms with E-state index in [4.69, 9.17) is 9.84 Å². The van der Waals surface area contributed by atoms with Gasteiger partial charge in [0.15, 0.2) is 0 Å². The number of nitrogens with one attached hydrogen (secondary N) is 2. The van der Waals surface area contributed by atoms with E-state index in [1.165, 1.54) is 7.11 Å². The normalized spacial score (nSPS) is 11.5. The van der Waals surface area contributed by atoms with Gasteiger partial charge in [0.05, 0.1) is 12.8 Å². The summed E-state index contributed by atoms with van der Waals surface area (Å²) in [4.78, 5) is 24.8. The lowest BCUT2D eigenvalue weighted by molar-refractivity contribution is -0.142. The molecule has 1 aromatic heterocycles. The molecule has 144 valence electrons. The molecule has 0 spiro atoms. The molecule has 0 radical (unpaired) electrons. The van der Waals surface area contributed by atoms with Gasteiger partial charge in [0, 0.05) is 12.6 Å². The van der Waals surface area contributed by atoms with Gasteiger partial charge in [0.1, 0.15) is 23.1 Å². The van der Waals surface area contributed by atoms with E-state index in [1.807, 2.05) is 60.7 Å². The Labute approximate surface area is 163 Å². The zero-order valence-corrected chi connectivity index (χ0v) is 16.0. The Balaban J connectivity index is 2.14. The minimum absolute atomic E-state index is 0.355. The topological polar surface area (TPSA) is 85.2 Å². The van der Waals surface area contributed by atoms with E-state index in [0.29, 0.717) is 17.1 Å². The van der Waals surface area contributed by atoms with Crippen LogP contribution in [0.15, 0.2) is 60.7 Å². The summed E-state index contributed by atoms with van der Waals surface area (Å²) in [6.07, 6.45) is 0. The van der Waals surface area contributed by atoms with Crippen LogP contribution in [0.3, 0.4) is 0 Å². The van der Waals surface area contributed by atoms with Gasteiger partial charge in [0.25, 0.3) is 5.91 Å². The maximum absolute atomic E-state index is 13.1. The van der Waals surface area contributed by atoms with Crippen LogP contribution in [0.1, 0.15) is 17.3 Å². The van der Waals surface area contributed by atoms with E-state index >= 15 is 0 Å². The summed E-state index contributed by atoms with van der Waals surface area (Å²) in [5, 5.41) is 10.5. The third kappa shape index (κ3) is 3.73. The molecule has 1 atom stereocenters. The molecular formula is C21H22N4O3. The summed E-state index contributed by atoms with van der Waals surface area (Å²) < 4.78 is 6.39. The van der Waals surface area contributed by atoms with Gasteiger partial charge in [0.2, 0.25) is 0 Å². The number of nitrogens with zero attached hydrogens (tertiary/aromatic N) is 2. The number of benzene rings is 2. The Bertz CT molecular complexity index is 968. The van der Waals surface area contributed by atoms with E-state index in [-0.39, 0.29) is 0 Å². The molecule has 1 unspecified atom stereocenters. The van der Waals surface area contributed by atoms with Crippen LogP contribution in [-0.4, -0.2) is 41.9 Å². The highest BCUT2D eigenvalue weighted by molar-refractivity contribution is 6.06. The number of hydrogen-bond donors (Lipinski definition) is 2. The van der Waals surface area contributed by atoms with E-state index in [9.17, 15) is 9.59 Å². The fraction of sp³-hybridized carbons (Fsp3) is 0.190. The van der Waals surface area contributed by atoms with Gasteiger partial charge in [-0.05, 0) is 19.1 Å². The van der Waals surface area contributed by atoms with Crippen molar-refractivity contribution in [2.45, 2.75) is 13.0 Å². The molecule has 2 N–H and O–H groups in total. The Morgan fingerprint density at radius 2 is 1.64 bits per heavy atom. The van der Waals surface area contributed by atoms with Crippen LogP contribution in [0.2, 0.25) is 0 Å². The van der Waals surface area contributed by atoms with Crippen LogP contribution in [0, 0.1) is 0 Å². The van der Waals surface area contributed by atoms with Gasteiger partial charge < -0.3 is 15.4 Å². The molecule has 0 saturated heterocycles. The molecule has 3 rings (SSSR count). The average molecular weight is 378 g/mol. The van der Waals surface area contributed by atoms with Crippen LogP contribution in [0.5, 0.6) is 0 Å². The maximum atomic E-state index is 13.1. The van der Waals surface area contributed by atoms with Crippen LogP contribution in [0.25, 0.3) is 16.9 Å². The molecule has 0 aliphatic rings. The molecule has 0 aliphatic heterocycles. The van der Waals surface area contributed by atoms with E-state index in [2.05, 4.69) is 10.6 Å². The van der Waals surface area contributed by atoms with Crippen LogP contribution in [0.4, 0.5) is 5.82 Å². The fourth-order valence-corrected chi connectivity index (χ4v) is 2.92. The van der Waals surface area contributed by atoms with Crippen LogP contribution >= 0.6 is 0 Å². The highest BCUT2D eigenvalue weighted by atomic mass is 16.5. The Hall–Kier alpha value is -3.61. The number of carbonyl (C=O) groups is 2. The summed E-state index contributed by atoms with van der Waals surface area (Å²) in [5.41, 5.74) is 2.48. The van der Waals surface area contributed by atoms with Crippen LogP contribution in [-0.2, 0) is 9.53 Å². The zero-order valence-electron chi connectivity index (χ0n) is 16.0. The Morgan fingerprint density at radius 3 is 2.21 bits per heavy atom. The first-order valence-corrected chi connectivity index (χ1v) is 8.87. The number of amides is 1. The van der Waals surface area contributed by atoms with Gasteiger partial charge >= 0.3 is 5.97 Å². The van der Waals surface area contributed by atoms with Crippen molar-refractivity contribution in [3.05, 3.63) is 66.2 Å². The second kappa shape index (κ2) is 8.39. The van der Waals surface area contributed by atoms with Gasteiger partial charge in [-0.1, -0.05) is 48.5 Å². The lowest BCUT2D eigenvalue weighted by Crippen LogP contribution is -2.39. The first-order valence-electron chi connectivity index (χ1n) is 8.87. The smallest absolute Gasteiger partial charge is 0.328 e. The largest absolute Gasteiger partial charge is 0.467 e. The molecule has 0 aliphatic carbocycles. The van der Waals surface area contributed by atoms with Crippen molar-refractivity contribution in [3.63, 3.8) is 0 Å². The highest BCUT2D eigenvalue weighted by Crippen LogP contribution is 2.31. The van der Waals surface area contributed by atoms with Crippen LogP contribution < -0.4 is 10.6 Å². The summed E-state index contributed by atoms with van der Waals surface area (Å²) in [7, 11) is 3.01. The molecule has 3 aromatic rings. The maximum Gasteiger partial charge on any atom is 0.328 e. The number of carbonyl (C=O) groups excluding carboxylic acids is 2. The van der Waals surface area contributed by atoms with Crippen molar-refractivity contribution >= 4 is 17.7 Å². The molecule has 28 heavy (non-hydrogen) atoms. The van der Waals surface area contributed by atoms with E-state index < -0.39 is 17.9 Å². The molecule has 1 amide bonds. The van der Waals surface area contributed by atoms with Crippen molar-refractivity contribution in [2.75, 3.05) is 19.5 Å². The van der Waals surface area contributed by atoms with E-state index in [0.717, 1.165) is 11.3 Å². The number of anilines is 1. The second-order valence-corrected chi connectivity index (χ2v) is 6.15. The van der Waals surface area contributed by atoms with Crippen molar-refractivity contribution in [1.29, 1.82) is 0 Å². The Morgan fingerprint density at radius 1 is 1.04 bits per heavy atom. The van der Waals surface area contributed by atoms with Gasteiger partial charge in [-0.3, -0.25) is 4.79 Å². The third-order valence-electron chi connectivity index (χ3n) is 4.30. The summed E-state index contributed by atoms with van der Waals surface area (Å²) in [6.45, 7) is 1.58. The summed E-state index contributed by atoms with van der Waals surface area (Å²) >= 11 is 0. The minimum atomic E-state index is -0.786. The van der Waals surface area contributed by atoms with E-state index in [1.54, 1.807) is 18.7 Å². The quantitative estimate of drug-likeness (QED) is 0.644. The van der Waals surface area contributed by atoms with Crippen molar-refractivity contribution in [2.24, 2.45) is 0 Å². The lowest BCUT2D eigenvalue weighted by Gasteiger charge is -2.13. The number of hydrogen-bond acceptors (Lipinski definition) is 5. The fourth-order valence-electron chi connectivity index (χ4n) is 2.92. The Kier molecular flexibility index (Phi) is 5.74. The molecule has 0 fully saturated rings. The average Bonchev–Trinajstić information content (AvgIpc) is 3.14. The number of esters is 1. The highest BCUT2D eigenvalue weighted by Gasteiger charge is 2.27. The van der Waals surface area contributed by atoms with Crippen molar-refractivity contribution < 1.29 is 14.3 Å². The third-order valence-corrected chi connectivity index (χ3v) is 4.30. The predicted molar refractivity (Wildman–Crippen MR) is 107 cm³/mol. The molecule has 1 heterocycles. The summed E-state index contributed by atoms with van der Waals surface area (Å²) in [5.74, 6) is -0.404. The summed E-state index contributed by atoms with van der Waals surface area (Å²) in [6, 6.07) is 18.2. The number of rotatable bonds is 6. The lowest BCUT2D eigenvalue weighted by atomic mass is 10.1. The van der Waals surface area contributed by atoms with Crippen molar-refractivity contribution in [1.82, 2.24) is 15.1 Å². The van der Waals surface area contributed by atoms with Crippen molar-refractivity contribution in [3.8, 4) is 16.9 Å². The number of ether oxygens (including phenoxy) is 1. The first kappa shape index (κ1) is 19.2. The van der Waals surface area contributed by atoms with Gasteiger partial charge in [-0.2, -0.15) is 5.10 Å². The zero-order chi connectivity index (χ0) is 20.1. The molecule has 7 nitrogen and oxygen atoms in total. The minimum Gasteiger partial charge on any atom is -0.467 e. The number of aromatic nitrogens is 2. The molecule has 7 heteroatoms. The monoisotopic (exact) mass is 378 g/mol. The van der Waals surface area contributed by atoms with Gasteiger partial charge in [-0.15, -0.1) is 0 Å². The second-order valence-electron chi connectivity index (χ2n) is 6.15. The van der Waals surface area contributed by atoms with Gasteiger partial charge in [-0.25, -0.2) is 9.48 Å². The molecule has 0 saturated carbocycles. The SMILES string of the molecule is CNc1c(C(=O)NC(C)C(=O)OC)c(-c2ccccc2)nn1-c1ccccc1. The molecule has 0 bridgehead atoms. The molecular weight excluding hydrogens is 356 g/mol. The predicted octanol–water partition coefficient (Wildman–Crippen LogP) is 2.87. The standard InChI is InChI=1S/C21H22N4O3/c1-14(21(27)28-3)23-20(26)17-18(15-10-6-4-7-11-15)24-25(19(17)22-2)16-12-8-5-9-13-16/h4-14,22H,1-3H3,(H,23,26). The number of methoxy groups -OCH3 is 1. The molecule has 2 aromatic carbocycles. The number of para-hydroxylation sites is 1. The first-order chi connectivity index (χ1) is 13.6.